The first-order valence-corrected chi connectivity index (χ1v) is 16.0. The second-order valence-corrected chi connectivity index (χ2v) is 14.3. The zero-order valence-corrected chi connectivity index (χ0v) is 24.9. The fraction of sp³-hybridized carbons (Fsp3) is 0.0513. The summed E-state index contributed by atoms with van der Waals surface area (Å²) in [4.78, 5) is 4.14. The molecule has 1 aromatic heterocycles. The second kappa shape index (κ2) is 10.5. The van der Waals surface area contributed by atoms with Gasteiger partial charge in [0.2, 0.25) is 0 Å². The average molecular weight is 570 g/mol. The van der Waals surface area contributed by atoms with E-state index in [9.17, 15) is 5.26 Å². The third-order valence-corrected chi connectivity index (χ3v) is 12.3. The summed E-state index contributed by atoms with van der Waals surface area (Å²) in [5, 5.41) is 15.8. The number of benzene rings is 5. The number of aromatic nitrogens is 1. The van der Waals surface area contributed by atoms with Crippen molar-refractivity contribution < 1.29 is 0 Å². The van der Waals surface area contributed by atoms with Gasteiger partial charge < -0.3 is 4.57 Å². The third-order valence-electron chi connectivity index (χ3n) is 8.31. The van der Waals surface area contributed by atoms with E-state index < -0.39 is 6.89 Å². The third kappa shape index (κ3) is 4.18. The van der Waals surface area contributed by atoms with E-state index in [1.54, 1.807) is 0 Å². The van der Waals surface area contributed by atoms with E-state index in [4.69, 9.17) is 6.57 Å². The van der Waals surface area contributed by atoms with Crippen molar-refractivity contribution in [1.82, 2.24) is 4.57 Å². The zero-order chi connectivity index (χ0) is 29.6. The maximum Gasteiger partial charge on any atom is 0.196 e. The van der Waals surface area contributed by atoms with Gasteiger partial charge in [0.1, 0.15) is 0 Å². The number of hydrogen-bond acceptors (Lipinski definition) is 1. The van der Waals surface area contributed by atoms with Gasteiger partial charge in [-0.3, -0.25) is 0 Å². The molecule has 0 fully saturated rings. The molecule has 0 bridgehead atoms. The van der Waals surface area contributed by atoms with E-state index in [-0.39, 0.29) is 0 Å². The Kier molecular flexibility index (Phi) is 6.48. The lowest BCUT2D eigenvalue weighted by Gasteiger charge is -2.31. The summed E-state index contributed by atoms with van der Waals surface area (Å²) in [5.74, 6) is 0. The highest BCUT2D eigenvalue weighted by molar-refractivity contribution is 7.93. The lowest BCUT2D eigenvalue weighted by atomic mass is 10.0. The number of fused-ring (bicyclic) bond motifs is 3. The Morgan fingerprint density at radius 1 is 0.674 bits per heavy atom. The first kappa shape index (κ1) is 26.6. The normalized spacial score (nSPS) is 14.2. The minimum absolute atomic E-state index is 0.618. The molecule has 204 valence electrons. The van der Waals surface area contributed by atoms with E-state index in [0.717, 1.165) is 38.5 Å². The molecule has 6 aromatic rings. The van der Waals surface area contributed by atoms with Gasteiger partial charge in [0.25, 0.3) is 0 Å². The summed E-state index contributed by atoms with van der Waals surface area (Å²) in [6.45, 7) is 10.0. The molecule has 0 saturated heterocycles. The van der Waals surface area contributed by atoms with Crippen LogP contribution >= 0.6 is 6.89 Å². The van der Waals surface area contributed by atoms with Crippen LogP contribution in [-0.2, 0) is 0 Å². The van der Waals surface area contributed by atoms with Crippen molar-refractivity contribution in [2.24, 2.45) is 0 Å². The molecule has 1 aliphatic heterocycles. The maximum atomic E-state index is 10.7. The molecule has 0 atom stereocenters. The summed E-state index contributed by atoms with van der Waals surface area (Å²) in [6.07, 6.45) is 4.03. The van der Waals surface area contributed by atoms with Crippen molar-refractivity contribution >= 4 is 50.2 Å². The van der Waals surface area contributed by atoms with Gasteiger partial charge in [-0.1, -0.05) is 96.1 Å². The molecular weight excluding hydrogens is 541 g/mol. The highest BCUT2D eigenvalue weighted by Crippen LogP contribution is 2.58. The Labute approximate surface area is 252 Å². The number of rotatable bonds is 4. The van der Waals surface area contributed by atoms with Crippen molar-refractivity contribution in [2.45, 2.75) is 13.8 Å². The van der Waals surface area contributed by atoms with Crippen molar-refractivity contribution in [1.29, 1.82) is 5.26 Å². The van der Waals surface area contributed by atoms with Gasteiger partial charge in [-0.15, -0.1) is 0 Å². The molecule has 7 rings (SSSR count). The van der Waals surface area contributed by atoms with Gasteiger partial charge in [0, 0.05) is 23.3 Å². The smallest absolute Gasteiger partial charge is 0.196 e. The summed E-state index contributed by atoms with van der Waals surface area (Å²) in [7, 11) is 0. The highest BCUT2D eigenvalue weighted by atomic mass is 31.2. The Morgan fingerprint density at radius 2 is 1.26 bits per heavy atom. The van der Waals surface area contributed by atoms with Gasteiger partial charge in [-0.05, 0) is 84.1 Å². The van der Waals surface area contributed by atoms with Crippen LogP contribution in [0.4, 0.5) is 0 Å². The van der Waals surface area contributed by atoms with Gasteiger partial charge >= 0.3 is 0 Å². The molecule has 3 nitrogen and oxygen atoms in total. The van der Waals surface area contributed by atoms with Gasteiger partial charge in [0.15, 0.2) is 5.44 Å². The van der Waals surface area contributed by atoms with Crippen LogP contribution in [0.5, 0.6) is 0 Å². The predicted molar refractivity (Wildman–Crippen MR) is 183 cm³/mol. The quantitative estimate of drug-likeness (QED) is 0.154. The number of allylic oxidation sites excluding steroid dienone is 3. The van der Waals surface area contributed by atoms with Crippen LogP contribution in [0.3, 0.4) is 0 Å². The number of nitrogens with zero attached hydrogens (tertiary/aromatic N) is 3. The molecule has 0 N–H and O–H groups in total. The lowest BCUT2D eigenvalue weighted by Crippen LogP contribution is -2.23. The predicted octanol–water partition coefficient (Wildman–Crippen LogP) is 8.92. The minimum Gasteiger partial charge on any atom is -0.309 e. The molecule has 0 radical (unpaired) electrons. The maximum absolute atomic E-state index is 10.7. The Balaban J connectivity index is 1.48. The van der Waals surface area contributed by atoms with E-state index in [1.165, 1.54) is 21.9 Å². The van der Waals surface area contributed by atoms with Crippen LogP contribution in [0.15, 0.2) is 139 Å². The minimum atomic E-state index is -2.63. The fourth-order valence-electron chi connectivity index (χ4n) is 6.38. The fourth-order valence-corrected chi connectivity index (χ4v) is 10.2. The standard InChI is InChI=1S/C39H28N3P/c1-27-17-19-37-35(21-27)36-22-28(2)18-20-38(36)42(37)31-12-10-11-29(23-31)30-24-34(26-40)43(39(25-30)41-3,32-13-6-4-7-14-32)33-15-8-5-9-16-33/h4-25H,1-2H3. The molecule has 0 amide bonds. The van der Waals surface area contributed by atoms with Gasteiger partial charge in [-0.25, -0.2) is 4.85 Å². The van der Waals surface area contributed by atoms with Crippen LogP contribution in [0, 0.1) is 31.8 Å². The van der Waals surface area contributed by atoms with Crippen LogP contribution in [0.25, 0.3) is 37.9 Å². The van der Waals surface area contributed by atoms with Crippen LogP contribution < -0.4 is 10.6 Å². The summed E-state index contributed by atoms with van der Waals surface area (Å²) >= 11 is 0. The Bertz CT molecular complexity index is 2170. The molecule has 4 heteroatoms. The van der Waals surface area contributed by atoms with Crippen LogP contribution in [0.1, 0.15) is 16.7 Å². The second-order valence-electron chi connectivity index (χ2n) is 11.0. The van der Waals surface area contributed by atoms with E-state index in [0.29, 0.717) is 10.7 Å². The molecule has 43 heavy (non-hydrogen) atoms. The summed E-state index contributed by atoms with van der Waals surface area (Å²) in [5.41, 5.74) is 8.27. The van der Waals surface area contributed by atoms with Crippen molar-refractivity contribution in [2.75, 3.05) is 0 Å². The molecule has 0 unspecified atom stereocenters. The van der Waals surface area contributed by atoms with E-state index >= 15 is 0 Å². The Hall–Kier alpha value is -5.34. The molecule has 0 aliphatic carbocycles. The van der Waals surface area contributed by atoms with Crippen molar-refractivity contribution in [3.63, 3.8) is 0 Å². The Morgan fingerprint density at radius 3 is 1.79 bits per heavy atom. The number of nitriles is 1. The molecule has 2 heterocycles. The largest absolute Gasteiger partial charge is 0.309 e. The monoisotopic (exact) mass is 569 g/mol. The molecule has 0 saturated carbocycles. The zero-order valence-electron chi connectivity index (χ0n) is 24.0. The van der Waals surface area contributed by atoms with Gasteiger partial charge in [-0.2, -0.15) is 5.26 Å². The molecular formula is C39H28N3P. The highest BCUT2D eigenvalue weighted by Gasteiger charge is 2.34. The molecule has 5 aromatic carbocycles. The van der Waals surface area contributed by atoms with Crippen molar-refractivity contribution in [3.8, 4) is 11.8 Å². The van der Waals surface area contributed by atoms with Crippen LogP contribution in [0.2, 0.25) is 0 Å². The topological polar surface area (TPSA) is 33.1 Å². The molecule has 0 spiro atoms. The van der Waals surface area contributed by atoms with E-state index in [1.807, 2.05) is 48.6 Å². The first-order chi connectivity index (χ1) is 21.0. The molecule has 1 aliphatic rings. The lowest BCUT2D eigenvalue weighted by molar-refractivity contribution is 1.17. The average Bonchev–Trinajstić information content (AvgIpc) is 3.37. The van der Waals surface area contributed by atoms with Crippen molar-refractivity contribution in [3.05, 3.63) is 167 Å². The SMILES string of the molecule is [C-]#[N+]C1=CC(c2cccc(-n3c4ccc(C)cc4c4cc(C)ccc43)c2)=CC(C#N)=P1(c1ccccc1)c1ccccc1. The summed E-state index contributed by atoms with van der Waals surface area (Å²) < 4.78 is 2.32. The number of aryl methyl sites for hydroxylation is 2. The first-order valence-electron chi connectivity index (χ1n) is 14.3. The summed E-state index contributed by atoms with van der Waals surface area (Å²) in [6, 6.07) is 44.4. The number of hydrogen-bond donors (Lipinski definition) is 0. The van der Waals surface area contributed by atoms with E-state index in [2.05, 4.69) is 114 Å². The van der Waals surface area contributed by atoms with Gasteiger partial charge in [0.05, 0.1) is 29.0 Å². The van der Waals surface area contributed by atoms with Crippen LogP contribution in [-0.4, -0.2) is 9.86 Å².